The second-order valence-corrected chi connectivity index (χ2v) is 6.81. The molecule has 136 valence electrons. The van der Waals surface area contributed by atoms with Gasteiger partial charge in [0.15, 0.2) is 0 Å². The molecule has 0 spiro atoms. The molecule has 2 heterocycles. The maximum absolute atomic E-state index is 12.7. The monoisotopic (exact) mass is 346 g/mol. The zero-order valence-corrected chi connectivity index (χ0v) is 15.1. The second-order valence-electron chi connectivity index (χ2n) is 6.81. The quantitative estimate of drug-likeness (QED) is 0.810. The Bertz CT molecular complexity index is 631. The molecule has 3 atom stereocenters. The zero-order valence-electron chi connectivity index (χ0n) is 15.1. The third kappa shape index (κ3) is 3.63. The van der Waals surface area contributed by atoms with Gasteiger partial charge in [-0.05, 0) is 37.5 Å². The Balaban J connectivity index is 1.60. The predicted octanol–water partition coefficient (Wildman–Crippen LogP) is 1.47. The van der Waals surface area contributed by atoms with Crippen LogP contribution in [0.15, 0.2) is 24.3 Å². The lowest BCUT2D eigenvalue weighted by Gasteiger charge is -2.41. The van der Waals surface area contributed by atoms with Gasteiger partial charge in [-0.1, -0.05) is 12.1 Å². The predicted molar refractivity (Wildman–Crippen MR) is 93.4 cm³/mol. The van der Waals surface area contributed by atoms with E-state index in [1.165, 1.54) is 0 Å². The minimum atomic E-state index is -0.393. The molecule has 1 aromatic rings. The highest BCUT2D eigenvalue weighted by molar-refractivity contribution is 5.89. The van der Waals surface area contributed by atoms with E-state index >= 15 is 0 Å². The summed E-state index contributed by atoms with van der Waals surface area (Å²) in [6, 6.07) is 7.42. The summed E-state index contributed by atoms with van der Waals surface area (Å²) in [5.41, 5.74) is 1.09. The number of amides is 2. The first kappa shape index (κ1) is 17.7. The highest BCUT2D eigenvalue weighted by Crippen LogP contribution is 2.28. The number of fused-ring (bicyclic) bond motifs is 1. The Hall–Kier alpha value is -2.08. The minimum Gasteiger partial charge on any atom is -0.497 e. The van der Waals surface area contributed by atoms with Crippen molar-refractivity contribution >= 4 is 11.8 Å². The first-order valence-corrected chi connectivity index (χ1v) is 8.79. The standard InChI is InChI=1S/C19H26N2O4/c1-13-19(23)21-12-17(25-3)10-15(21)11-20(13)18(22)9-6-14-4-7-16(24-2)8-5-14/h4-5,7-8,13,15,17H,6,9-12H2,1-3H3/t13-,15-,17-/m0/s1. The summed E-state index contributed by atoms with van der Waals surface area (Å²) in [6.07, 6.45) is 1.95. The van der Waals surface area contributed by atoms with Crippen molar-refractivity contribution in [1.29, 1.82) is 0 Å². The highest BCUT2D eigenvalue weighted by Gasteiger charge is 2.45. The molecule has 6 heteroatoms. The molecule has 0 unspecified atom stereocenters. The molecule has 2 amide bonds. The van der Waals surface area contributed by atoms with Crippen molar-refractivity contribution in [3.05, 3.63) is 29.8 Å². The molecule has 0 bridgehead atoms. The van der Waals surface area contributed by atoms with E-state index in [4.69, 9.17) is 9.47 Å². The molecule has 25 heavy (non-hydrogen) atoms. The van der Waals surface area contributed by atoms with Crippen LogP contribution in [-0.4, -0.2) is 67.1 Å². The smallest absolute Gasteiger partial charge is 0.245 e. The number of piperazine rings is 1. The van der Waals surface area contributed by atoms with Gasteiger partial charge in [0.05, 0.1) is 19.3 Å². The molecule has 2 aliphatic heterocycles. The van der Waals surface area contributed by atoms with Crippen molar-refractivity contribution in [2.75, 3.05) is 27.3 Å². The maximum Gasteiger partial charge on any atom is 0.245 e. The van der Waals surface area contributed by atoms with Crippen molar-refractivity contribution in [3.63, 3.8) is 0 Å². The van der Waals surface area contributed by atoms with Crippen LogP contribution in [0.5, 0.6) is 5.75 Å². The molecule has 0 aliphatic carbocycles. The van der Waals surface area contributed by atoms with Gasteiger partial charge in [-0.15, -0.1) is 0 Å². The topological polar surface area (TPSA) is 59.1 Å². The number of rotatable bonds is 5. The molecule has 2 fully saturated rings. The number of hydrogen-bond donors (Lipinski definition) is 0. The molecule has 6 nitrogen and oxygen atoms in total. The Morgan fingerprint density at radius 2 is 1.92 bits per heavy atom. The van der Waals surface area contributed by atoms with Crippen LogP contribution in [0.4, 0.5) is 0 Å². The average molecular weight is 346 g/mol. The van der Waals surface area contributed by atoms with Crippen molar-refractivity contribution in [2.24, 2.45) is 0 Å². The Labute approximate surface area is 148 Å². The largest absolute Gasteiger partial charge is 0.497 e. The van der Waals surface area contributed by atoms with Gasteiger partial charge in [0, 0.05) is 26.6 Å². The normalized spacial score (nSPS) is 25.9. The first-order valence-electron chi connectivity index (χ1n) is 8.79. The van der Waals surface area contributed by atoms with Crippen LogP contribution in [0, 0.1) is 0 Å². The van der Waals surface area contributed by atoms with E-state index in [0.717, 1.165) is 17.7 Å². The van der Waals surface area contributed by atoms with Gasteiger partial charge in [-0.2, -0.15) is 0 Å². The summed E-state index contributed by atoms with van der Waals surface area (Å²) in [5, 5.41) is 0. The van der Waals surface area contributed by atoms with Crippen molar-refractivity contribution in [3.8, 4) is 5.75 Å². The fourth-order valence-electron chi connectivity index (χ4n) is 3.75. The van der Waals surface area contributed by atoms with E-state index in [0.29, 0.717) is 25.9 Å². The number of aryl methyl sites for hydroxylation is 1. The molecule has 1 aromatic carbocycles. The summed E-state index contributed by atoms with van der Waals surface area (Å²) in [4.78, 5) is 28.9. The molecule has 3 rings (SSSR count). The van der Waals surface area contributed by atoms with Gasteiger partial charge >= 0.3 is 0 Å². The van der Waals surface area contributed by atoms with Crippen LogP contribution >= 0.6 is 0 Å². The summed E-state index contributed by atoms with van der Waals surface area (Å²) in [6.45, 7) is 3.07. The van der Waals surface area contributed by atoms with Gasteiger partial charge in [0.2, 0.25) is 11.8 Å². The summed E-state index contributed by atoms with van der Waals surface area (Å²) >= 11 is 0. The number of ether oxygens (including phenoxy) is 2. The highest BCUT2D eigenvalue weighted by atomic mass is 16.5. The van der Waals surface area contributed by atoms with Crippen LogP contribution in [0.25, 0.3) is 0 Å². The maximum atomic E-state index is 12.7. The Kier molecular flexibility index (Phi) is 5.27. The molecule has 2 saturated heterocycles. The van der Waals surface area contributed by atoms with Gasteiger partial charge in [0.25, 0.3) is 0 Å². The Morgan fingerprint density at radius 3 is 2.56 bits per heavy atom. The van der Waals surface area contributed by atoms with E-state index < -0.39 is 6.04 Å². The van der Waals surface area contributed by atoms with Crippen LogP contribution in [0.2, 0.25) is 0 Å². The van der Waals surface area contributed by atoms with Gasteiger partial charge in [0.1, 0.15) is 11.8 Å². The van der Waals surface area contributed by atoms with Crippen molar-refractivity contribution in [1.82, 2.24) is 9.80 Å². The van der Waals surface area contributed by atoms with Gasteiger partial charge in [-0.3, -0.25) is 9.59 Å². The van der Waals surface area contributed by atoms with E-state index in [1.807, 2.05) is 36.1 Å². The fraction of sp³-hybridized carbons (Fsp3) is 0.579. The lowest BCUT2D eigenvalue weighted by molar-refractivity contribution is -0.152. The van der Waals surface area contributed by atoms with Crippen molar-refractivity contribution in [2.45, 2.75) is 44.4 Å². The number of methoxy groups -OCH3 is 2. The molecule has 2 aliphatic rings. The third-order valence-corrected chi connectivity index (χ3v) is 5.33. The molecular weight excluding hydrogens is 320 g/mol. The third-order valence-electron chi connectivity index (χ3n) is 5.33. The summed E-state index contributed by atoms with van der Waals surface area (Å²) in [5.74, 6) is 0.880. The number of hydrogen-bond acceptors (Lipinski definition) is 4. The summed E-state index contributed by atoms with van der Waals surface area (Å²) < 4.78 is 10.5. The van der Waals surface area contributed by atoms with Crippen LogP contribution in [-0.2, 0) is 20.7 Å². The molecule has 0 radical (unpaired) electrons. The van der Waals surface area contributed by atoms with E-state index in [1.54, 1.807) is 19.1 Å². The van der Waals surface area contributed by atoms with Gasteiger partial charge in [-0.25, -0.2) is 0 Å². The average Bonchev–Trinajstić information content (AvgIpc) is 3.06. The number of nitrogens with zero attached hydrogens (tertiary/aromatic N) is 2. The van der Waals surface area contributed by atoms with E-state index in [2.05, 4.69) is 0 Å². The van der Waals surface area contributed by atoms with Crippen LogP contribution in [0.1, 0.15) is 25.3 Å². The Morgan fingerprint density at radius 1 is 1.20 bits per heavy atom. The van der Waals surface area contributed by atoms with E-state index in [-0.39, 0.29) is 24.0 Å². The first-order chi connectivity index (χ1) is 12.0. The van der Waals surface area contributed by atoms with Crippen LogP contribution < -0.4 is 4.74 Å². The second kappa shape index (κ2) is 7.44. The summed E-state index contributed by atoms with van der Waals surface area (Å²) in [7, 11) is 3.31. The number of carbonyl (C=O) groups is 2. The fourth-order valence-corrected chi connectivity index (χ4v) is 3.75. The lowest BCUT2D eigenvalue weighted by atomic mass is 10.0. The van der Waals surface area contributed by atoms with Crippen molar-refractivity contribution < 1.29 is 19.1 Å². The number of benzene rings is 1. The number of carbonyl (C=O) groups excluding carboxylic acids is 2. The molecule has 0 aromatic heterocycles. The molecular formula is C19H26N2O4. The lowest BCUT2D eigenvalue weighted by Crippen LogP contribution is -2.60. The SMILES string of the molecule is COc1ccc(CCC(=O)N2C[C@@H]3C[C@H](OC)CN3C(=O)[C@@H]2C)cc1. The zero-order chi connectivity index (χ0) is 18.0. The van der Waals surface area contributed by atoms with E-state index in [9.17, 15) is 9.59 Å². The van der Waals surface area contributed by atoms with Gasteiger partial charge < -0.3 is 19.3 Å². The molecule has 0 saturated carbocycles. The molecule has 0 N–H and O–H groups in total. The van der Waals surface area contributed by atoms with Crippen LogP contribution in [0.3, 0.4) is 0 Å². The minimum absolute atomic E-state index is 0.0357.